The minimum atomic E-state index is -0.218. The SMILES string of the molecule is COc1ccc(C(CN(C)N)OC)c(OC)c1OC. The first-order valence-corrected chi connectivity index (χ1v) is 5.86. The van der Waals surface area contributed by atoms with E-state index < -0.39 is 0 Å². The first-order valence-electron chi connectivity index (χ1n) is 5.86. The van der Waals surface area contributed by atoms with E-state index in [0.29, 0.717) is 23.8 Å². The van der Waals surface area contributed by atoms with E-state index in [4.69, 9.17) is 24.8 Å². The molecule has 0 bridgehead atoms. The Hall–Kier alpha value is -1.50. The minimum Gasteiger partial charge on any atom is -0.493 e. The fraction of sp³-hybridized carbons (Fsp3) is 0.538. The second-order valence-electron chi connectivity index (χ2n) is 4.09. The summed E-state index contributed by atoms with van der Waals surface area (Å²) in [6.07, 6.45) is -0.218. The van der Waals surface area contributed by atoms with Crippen LogP contribution in [-0.2, 0) is 4.74 Å². The van der Waals surface area contributed by atoms with Crippen LogP contribution in [0.5, 0.6) is 17.2 Å². The molecule has 108 valence electrons. The Morgan fingerprint density at radius 2 is 1.68 bits per heavy atom. The van der Waals surface area contributed by atoms with Gasteiger partial charge in [0, 0.05) is 26.3 Å². The van der Waals surface area contributed by atoms with Gasteiger partial charge in [-0.1, -0.05) is 0 Å². The zero-order valence-electron chi connectivity index (χ0n) is 12.1. The molecule has 0 aliphatic rings. The number of ether oxygens (including phenoxy) is 4. The van der Waals surface area contributed by atoms with Crippen LogP contribution in [0.25, 0.3) is 0 Å². The van der Waals surface area contributed by atoms with E-state index in [1.807, 2.05) is 12.1 Å². The largest absolute Gasteiger partial charge is 0.493 e. The van der Waals surface area contributed by atoms with Gasteiger partial charge in [0.1, 0.15) is 0 Å². The molecule has 0 radical (unpaired) electrons. The molecule has 2 N–H and O–H groups in total. The number of nitrogens with two attached hydrogens (primary N) is 1. The van der Waals surface area contributed by atoms with E-state index in [-0.39, 0.29) is 6.10 Å². The van der Waals surface area contributed by atoms with Gasteiger partial charge in [0.25, 0.3) is 0 Å². The van der Waals surface area contributed by atoms with Gasteiger partial charge in [-0.25, -0.2) is 5.01 Å². The molecule has 1 atom stereocenters. The van der Waals surface area contributed by atoms with Gasteiger partial charge in [-0.05, 0) is 12.1 Å². The van der Waals surface area contributed by atoms with Gasteiger partial charge in [-0.15, -0.1) is 0 Å². The summed E-state index contributed by atoms with van der Waals surface area (Å²) in [4.78, 5) is 0. The van der Waals surface area contributed by atoms with Crippen molar-refractivity contribution < 1.29 is 18.9 Å². The predicted octanol–water partition coefficient (Wildman–Crippen LogP) is 1.21. The number of hydrogen-bond acceptors (Lipinski definition) is 6. The summed E-state index contributed by atoms with van der Waals surface area (Å²) in [6, 6.07) is 3.71. The molecule has 0 amide bonds. The Kier molecular flexibility index (Phi) is 5.88. The van der Waals surface area contributed by atoms with Gasteiger partial charge in [-0.2, -0.15) is 0 Å². The lowest BCUT2D eigenvalue weighted by molar-refractivity contribution is 0.0694. The van der Waals surface area contributed by atoms with E-state index in [1.54, 1.807) is 40.5 Å². The molecular weight excluding hydrogens is 248 g/mol. The topological polar surface area (TPSA) is 66.2 Å². The zero-order valence-corrected chi connectivity index (χ0v) is 12.1. The number of benzene rings is 1. The Morgan fingerprint density at radius 1 is 1.05 bits per heavy atom. The summed E-state index contributed by atoms with van der Waals surface area (Å²) < 4.78 is 21.5. The lowest BCUT2D eigenvalue weighted by Gasteiger charge is -2.23. The molecule has 1 aromatic rings. The van der Waals surface area contributed by atoms with Crippen LogP contribution >= 0.6 is 0 Å². The maximum atomic E-state index is 5.68. The summed E-state index contributed by atoms with van der Waals surface area (Å²) in [5, 5.41) is 1.56. The van der Waals surface area contributed by atoms with Crippen LogP contribution < -0.4 is 20.1 Å². The van der Waals surface area contributed by atoms with Crippen molar-refractivity contribution in [2.75, 3.05) is 42.0 Å². The molecule has 0 fully saturated rings. The molecule has 1 unspecified atom stereocenters. The van der Waals surface area contributed by atoms with Crippen molar-refractivity contribution in [1.29, 1.82) is 0 Å². The summed E-state index contributed by atoms with van der Waals surface area (Å²) in [5.74, 6) is 7.43. The molecule has 0 aromatic heterocycles. The monoisotopic (exact) mass is 270 g/mol. The zero-order chi connectivity index (χ0) is 14.4. The Morgan fingerprint density at radius 3 is 2.11 bits per heavy atom. The standard InChI is InChI=1S/C13H22N2O4/c1-15(14)8-11(17-3)9-6-7-10(16-2)13(19-5)12(9)18-4/h6-7,11H,8,14H2,1-5H3. The first kappa shape index (κ1) is 15.6. The van der Waals surface area contributed by atoms with E-state index in [2.05, 4.69) is 0 Å². The Bertz CT molecular complexity index is 410. The highest BCUT2D eigenvalue weighted by Gasteiger charge is 2.22. The van der Waals surface area contributed by atoms with Crippen LogP contribution in [-0.4, -0.2) is 47.0 Å². The molecule has 0 spiro atoms. The van der Waals surface area contributed by atoms with Crippen LogP contribution in [0.2, 0.25) is 0 Å². The number of methoxy groups -OCH3 is 4. The van der Waals surface area contributed by atoms with Crippen molar-refractivity contribution in [2.24, 2.45) is 5.84 Å². The van der Waals surface area contributed by atoms with Crippen molar-refractivity contribution in [2.45, 2.75) is 6.10 Å². The summed E-state index contributed by atoms with van der Waals surface area (Å²) in [6.45, 7) is 0.530. The third-order valence-electron chi connectivity index (χ3n) is 2.82. The molecule has 0 aliphatic carbocycles. The average molecular weight is 270 g/mol. The summed E-state index contributed by atoms with van der Waals surface area (Å²) in [7, 11) is 8.14. The van der Waals surface area contributed by atoms with E-state index >= 15 is 0 Å². The van der Waals surface area contributed by atoms with Crippen LogP contribution in [0, 0.1) is 0 Å². The first-order chi connectivity index (χ1) is 9.08. The molecule has 6 nitrogen and oxygen atoms in total. The van der Waals surface area contributed by atoms with Gasteiger partial charge in [0.05, 0.1) is 27.4 Å². The molecule has 0 heterocycles. The summed E-state index contributed by atoms with van der Waals surface area (Å²) >= 11 is 0. The van der Waals surface area contributed by atoms with Gasteiger partial charge >= 0.3 is 0 Å². The minimum absolute atomic E-state index is 0.218. The fourth-order valence-electron chi connectivity index (χ4n) is 1.94. The maximum Gasteiger partial charge on any atom is 0.203 e. The molecule has 1 aromatic carbocycles. The number of rotatable bonds is 7. The van der Waals surface area contributed by atoms with Gasteiger partial charge in [-0.3, -0.25) is 5.84 Å². The second-order valence-corrected chi connectivity index (χ2v) is 4.09. The summed E-state index contributed by atoms with van der Waals surface area (Å²) in [5.41, 5.74) is 0.861. The second kappa shape index (κ2) is 7.18. The highest BCUT2D eigenvalue weighted by molar-refractivity contribution is 5.56. The van der Waals surface area contributed by atoms with Crippen molar-refractivity contribution in [3.63, 3.8) is 0 Å². The molecule has 19 heavy (non-hydrogen) atoms. The lowest BCUT2D eigenvalue weighted by Crippen LogP contribution is -2.31. The molecule has 0 saturated carbocycles. The van der Waals surface area contributed by atoms with Gasteiger partial charge in [0.15, 0.2) is 11.5 Å². The quantitative estimate of drug-likeness (QED) is 0.593. The Balaban J connectivity index is 3.26. The average Bonchev–Trinajstić information content (AvgIpc) is 2.42. The molecule has 1 rings (SSSR count). The molecule has 0 aliphatic heterocycles. The third-order valence-corrected chi connectivity index (χ3v) is 2.82. The molecule has 6 heteroatoms. The number of hydrazine groups is 1. The maximum absolute atomic E-state index is 5.68. The highest BCUT2D eigenvalue weighted by atomic mass is 16.5. The van der Waals surface area contributed by atoms with Crippen LogP contribution in [0.4, 0.5) is 0 Å². The number of nitrogens with zero attached hydrogens (tertiary/aromatic N) is 1. The van der Waals surface area contributed by atoms with Crippen LogP contribution in [0.1, 0.15) is 11.7 Å². The van der Waals surface area contributed by atoms with E-state index in [1.165, 1.54) is 0 Å². The predicted molar refractivity (Wildman–Crippen MR) is 72.7 cm³/mol. The van der Waals surface area contributed by atoms with Crippen molar-refractivity contribution in [1.82, 2.24) is 5.01 Å². The van der Waals surface area contributed by atoms with Crippen molar-refractivity contribution >= 4 is 0 Å². The van der Waals surface area contributed by atoms with E-state index in [9.17, 15) is 0 Å². The van der Waals surface area contributed by atoms with E-state index in [0.717, 1.165) is 5.56 Å². The molecule has 0 saturated heterocycles. The lowest BCUT2D eigenvalue weighted by atomic mass is 10.1. The van der Waals surface area contributed by atoms with Crippen molar-refractivity contribution in [3.8, 4) is 17.2 Å². The van der Waals surface area contributed by atoms with Crippen molar-refractivity contribution in [3.05, 3.63) is 17.7 Å². The Labute approximate surface area is 114 Å². The fourth-order valence-corrected chi connectivity index (χ4v) is 1.94. The number of likely N-dealkylation sites (N-methyl/N-ethyl adjacent to an activating group) is 1. The highest BCUT2D eigenvalue weighted by Crippen LogP contribution is 2.42. The number of hydrogen-bond donors (Lipinski definition) is 1. The van der Waals surface area contributed by atoms with Gasteiger partial charge < -0.3 is 18.9 Å². The molecular formula is C13H22N2O4. The smallest absolute Gasteiger partial charge is 0.203 e. The van der Waals surface area contributed by atoms with Crippen LogP contribution in [0.3, 0.4) is 0 Å². The van der Waals surface area contributed by atoms with Crippen LogP contribution in [0.15, 0.2) is 12.1 Å². The normalized spacial score (nSPS) is 12.4. The van der Waals surface area contributed by atoms with Gasteiger partial charge in [0.2, 0.25) is 5.75 Å². The third kappa shape index (κ3) is 3.50.